The summed E-state index contributed by atoms with van der Waals surface area (Å²) < 4.78 is 35.7. The van der Waals surface area contributed by atoms with Crippen LogP contribution in [0.1, 0.15) is 45.2 Å². The van der Waals surface area contributed by atoms with Gasteiger partial charge in [0.05, 0.1) is 25.1 Å². The summed E-state index contributed by atoms with van der Waals surface area (Å²) in [7, 11) is -0.234. The van der Waals surface area contributed by atoms with Crippen LogP contribution in [0.5, 0.6) is 11.5 Å². The lowest BCUT2D eigenvalue weighted by molar-refractivity contribution is -0.129. The first kappa shape index (κ1) is 25.5. The molecule has 0 heterocycles. The Labute approximate surface area is 191 Å². The van der Waals surface area contributed by atoms with Gasteiger partial charge in [-0.15, -0.1) is 0 Å². The van der Waals surface area contributed by atoms with Crippen molar-refractivity contribution in [1.82, 2.24) is 5.32 Å². The Morgan fingerprint density at radius 2 is 1.59 bits per heavy atom. The maximum absolute atomic E-state index is 13.0. The average Bonchev–Trinajstić information content (AvgIpc) is 2.76. The first-order valence-corrected chi connectivity index (χ1v) is 12.5. The lowest BCUT2D eigenvalue weighted by atomic mass is 9.96. The number of carbonyl (C=O) groups excluding carboxylic acids is 1. The summed E-state index contributed by atoms with van der Waals surface area (Å²) in [5, 5.41) is 3.13. The first-order chi connectivity index (χ1) is 15.0. The molecule has 0 unspecified atom stereocenters. The van der Waals surface area contributed by atoms with Gasteiger partial charge in [0.2, 0.25) is 10.0 Å². The number of amides is 1. The van der Waals surface area contributed by atoms with Gasteiger partial charge >= 0.3 is 0 Å². The van der Waals surface area contributed by atoms with Crippen molar-refractivity contribution in [3.63, 3.8) is 0 Å². The largest absolute Gasteiger partial charge is 0.497 e. The van der Waals surface area contributed by atoms with Gasteiger partial charge < -0.3 is 14.8 Å². The Kier molecular flexibility index (Phi) is 8.95. The number of nitrogens with zero attached hydrogens (tertiary/aromatic N) is 1. The molecule has 0 radical (unpaired) electrons. The molecule has 0 aliphatic rings. The molecule has 0 saturated carbocycles. The van der Waals surface area contributed by atoms with E-state index in [1.165, 1.54) is 11.4 Å². The van der Waals surface area contributed by atoms with Crippen molar-refractivity contribution in [1.29, 1.82) is 0 Å². The van der Waals surface area contributed by atoms with Gasteiger partial charge in [0.1, 0.15) is 11.5 Å². The average molecular weight is 463 g/mol. The van der Waals surface area contributed by atoms with Gasteiger partial charge in [0.25, 0.3) is 5.91 Å². The number of benzene rings is 2. The third-order valence-corrected chi connectivity index (χ3v) is 6.39. The monoisotopic (exact) mass is 462 g/mol. The van der Waals surface area contributed by atoms with Crippen LogP contribution in [0.15, 0.2) is 48.5 Å². The number of hydrogen-bond acceptors (Lipinski definition) is 5. The van der Waals surface area contributed by atoms with Crippen LogP contribution in [0.2, 0.25) is 0 Å². The van der Waals surface area contributed by atoms with Crippen LogP contribution in [0.4, 0.5) is 5.69 Å². The van der Waals surface area contributed by atoms with Crippen molar-refractivity contribution in [3.8, 4) is 11.5 Å². The quantitative estimate of drug-likeness (QED) is 0.542. The highest BCUT2D eigenvalue weighted by atomic mass is 32.2. The van der Waals surface area contributed by atoms with Crippen molar-refractivity contribution >= 4 is 21.6 Å². The molecule has 1 amide bonds. The van der Waals surface area contributed by atoms with Gasteiger partial charge in [0, 0.05) is 7.05 Å². The van der Waals surface area contributed by atoms with Crippen molar-refractivity contribution in [2.75, 3.05) is 24.7 Å². The van der Waals surface area contributed by atoms with Gasteiger partial charge in [-0.05, 0) is 60.7 Å². The molecule has 0 aromatic heterocycles. The van der Waals surface area contributed by atoms with E-state index in [1.807, 2.05) is 31.2 Å². The Hall–Kier alpha value is -2.74. The maximum atomic E-state index is 13.0. The molecule has 0 bridgehead atoms. The predicted octanol–water partition coefficient (Wildman–Crippen LogP) is 4.15. The molecule has 0 saturated heterocycles. The summed E-state index contributed by atoms with van der Waals surface area (Å²) in [6.45, 7) is 6.12. The molecule has 8 heteroatoms. The molecular formula is C24H34N2O5S. The number of anilines is 1. The lowest BCUT2D eigenvalue weighted by Crippen LogP contribution is -2.40. The van der Waals surface area contributed by atoms with Crippen LogP contribution in [-0.4, -0.2) is 40.8 Å². The first-order valence-electron chi connectivity index (χ1n) is 10.7. The molecule has 176 valence electrons. The zero-order valence-electron chi connectivity index (χ0n) is 19.7. The fourth-order valence-corrected chi connectivity index (χ4v) is 3.77. The second-order valence-corrected chi connectivity index (χ2v) is 10.2. The topological polar surface area (TPSA) is 84.9 Å². The Morgan fingerprint density at radius 1 is 1.03 bits per heavy atom. The molecule has 2 aromatic rings. The van der Waals surface area contributed by atoms with E-state index in [9.17, 15) is 13.2 Å². The van der Waals surface area contributed by atoms with E-state index in [4.69, 9.17) is 9.47 Å². The molecule has 0 aliphatic heterocycles. The van der Waals surface area contributed by atoms with Crippen LogP contribution in [0.25, 0.3) is 0 Å². The number of hydrogen-bond donors (Lipinski definition) is 1. The summed E-state index contributed by atoms with van der Waals surface area (Å²) in [6.07, 6.45) is 1.77. The Balaban J connectivity index is 2.12. The van der Waals surface area contributed by atoms with E-state index < -0.39 is 16.1 Å². The number of methoxy groups -OCH3 is 1. The number of ether oxygens (including phenoxy) is 2. The standard InChI is InChI=1S/C24H34N2O5S/c1-7-23(31-21-14-10-19(11-15-21)26(4)32(6,28)29)24(27)25-22(16-17(2)3)18-8-12-20(30-5)13-9-18/h8-15,17,22-23H,7,16H2,1-6H3,(H,25,27)/t22-,23-/m0/s1. The molecule has 32 heavy (non-hydrogen) atoms. The Bertz CT molecular complexity index is 972. The third kappa shape index (κ3) is 7.15. The van der Waals surface area contributed by atoms with E-state index in [-0.39, 0.29) is 11.9 Å². The summed E-state index contributed by atoms with van der Waals surface area (Å²) in [4.78, 5) is 13.0. The van der Waals surface area contributed by atoms with Gasteiger partial charge in [-0.2, -0.15) is 0 Å². The number of carbonyl (C=O) groups is 1. The molecule has 0 spiro atoms. The summed E-state index contributed by atoms with van der Waals surface area (Å²) in [5.41, 5.74) is 1.53. The molecule has 0 aliphatic carbocycles. The maximum Gasteiger partial charge on any atom is 0.261 e. The number of sulfonamides is 1. The lowest BCUT2D eigenvalue weighted by Gasteiger charge is -2.25. The summed E-state index contributed by atoms with van der Waals surface area (Å²) in [6, 6.07) is 14.2. The van der Waals surface area contributed by atoms with Crippen LogP contribution < -0.4 is 19.1 Å². The minimum Gasteiger partial charge on any atom is -0.497 e. The zero-order valence-corrected chi connectivity index (χ0v) is 20.5. The van der Waals surface area contributed by atoms with Crippen LogP contribution >= 0.6 is 0 Å². The van der Waals surface area contributed by atoms with E-state index >= 15 is 0 Å². The van der Waals surface area contributed by atoms with Gasteiger partial charge in [-0.3, -0.25) is 9.10 Å². The third-order valence-electron chi connectivity index (χ3n) is 5.18. The highest BCUT2D eigenvalue weighted by molar-refractivity contribution is 7.92. The fraction of sp³-hybridized carbons (Fsp3) is 0.458. The fourth-order valence-electron chi connectivity index (χ4n) is 3.26. The number of nitrogens with one attached hydrogen (secondary N) is 1. The van der Waals surface area contributed by atoms with Gasteiger partial charge in [-0.25, -0.2) is 8.42 Å². The van der Waals surface area contributed by atoms with Gasteiger partial charge in [0.15, 0.2) is 6.10 Å². The van der Waals surface area contributed by atoms with Crippen molar-refractivity contribution in [3.05, 3.63) is 54.1 Å². The van der Waals surface area contributed by atoms with Crippen molar-refractivity contribution < 1.29 is 22.7 Å². The molecule has 2 aromatic carbocycles. The van der Waals surface area contributed by atoms with E-state index in [0.29, 0.717) is 23.8 Å². The highest BCUT2D eigenvalue weighted by Gasteiger charge is 2.23. The van der Waals surface area contributed by atoms with E-state index in [2.05, 4.69) is 19.2 Å². The predicted molar refractivity (Wildman–Crippen MR) is 128 cm³/mol. The molecule has 2 atom stereocenters. The van der Waals surface area contributed by atoms with Gasteiger partial charge in [-0.1, -0.05) is 32.9 Å². The number of rotatable bonds is 11. The second-order valence-electron chi connectivity index (χ2n) is 8.20. The minimum atomic E-state index is -3.34. The minimum absolute atomic E-state index is 0.142. The smallest absolute Gasteiger partial charge is 0.261 e. The van der Waals surface area contributed by atoms with Crippen molar-refractivity contribution in [2.45, 2.75) is 45.8 Å². The highest BCUT2D eigenvalue weighted by Crippen LogP contribution is 2.25. The van der Waals surface area contributed by atoms with E-state index in [1.54, 1.807) is 31.4 Å². The van der Waals surface area contributed by atoms with E-state index in [0.717, 1.165) is 24.0 Å². The summed E-state index contributed by atoms with van der Waals surface area (Å²) in [5.74, 6) is 1.47. The molecule has 7 nitrogen and oxygen atoms in total. The molecule has 0 fully saturated rings. The summed E-state index contributed by atoms with van der Waals surface area (Å²) >= 11 is 0. The zero-order chi connectivity index (χ0) is 23.9. The van der Waals surface area contributed by atoms with Crippen LogP contribution in [0.3, 0.4) is 0 Å². The molecular weight excluding hydrogens is 428 g/mol. The molecule has 1 N–H and O–H groups in total. The van der Waals surface area contributed by atoms with Crippen molar-refractivity contribution in [2.24, 2.45) is 5.92 Å². The normalized spacial score (nSPS) is 13.3. The van der Waals surface area contributed by atoms with Crippen LogP contribution in [0, 0.1) is 5.92 Å². The second kappa shape index (κ2) is 11.2. The SMILES string of the molecule is CC[C@H](Oc1ccc(N(C)S(C)(=O)=O)cc1)C(=O)N[C@@H](CC(C)C)c1ccc(OC)cc1. The van der Waals surface area contributed by atoms with Crippen LogP contribution in [-0.2, 0) is 14.8 Å². The molecule has 2 rings (SSSR count). The Morgan fingerprint density at radius 3 is 2.06 bits per heavy atom.